The average Bonchev–Trinajstić information content (AvgIpc) is 2.62. The first-order chi connectivity index (χ1) is 11.7. The molecule has 1 aromatic heterocycles. The Hall–Kier alpha value is -2.96. The Morgan fingerprint density at radius 1 is 1.12 bits per heavy atom. The topological polar surface area (TPSA) is 78.4 Å². The average molecular weight is 325 g/mol. The van der Waals surface area contributed by atoms with Crippen molar-refractivity contribution < 1.29 is 9.59 Å². The van der Waals surface area contributed by atoms with E-state index in [4.69, 9.17) is 0 Å². The highest BCUT2D eigenvalue weighted by Gasteiger charge is 2.17. The predicted octanol–water partition coefficient (Wildman–Crippen LogP) is 1.70. The number of amides is 1. The van der Waals surface area contributed by atoms with Crippen molar-refractivity contribution in [3.05, 3.63) is 42.1 Å². The summed E-state index contributed by atoms with van der Waals surface area (Å²) >= 11 is 0. The van der Waals surface area contributed by atoms with Crippen LogP contribution in [0.25, 0.3) is 0 Å². The number of anilines is 3. The Bertz CT molecular complexity index is 724. The zero-order valence-corrected chi connectivity index (χ0v) is 13.5. The van der Waals surface area contributed by atoms with Gasteiger partial charge in [-0.2, -0.15) is 4.98 Å². The van der Waals surface area contributed by atoms with Crippen LogP contribution in [0.15, 0.2) is 36.5 Å². The number of hydrogen-bond acceptors (Lipinski definition) is 6. The van der Waals surface area contributed by atoms with Gasteiger partial charge in [0.1, 0.15) is 5.82 Å². The number of hydrogen-bond donors (Lipinski definition) is 1. The Morgan fingerprint density at radius 3 is 2.46 bits per heavy atom. The summed E-state index contributed by atoms with van der Waals surface area (Å²) in [6.45, 7) is 4.44. The third-order valence-corrected chi connectivity index (χ3v) is 3.98. The van der Waals surface area contributed by atoms with Crippen molar-refractivity contribution in [2.24, 2.45) is 0 Å². The van der Waals surface area contributed by atoms with E-state index in [2.05, 4.69) is 20.2 Å². The molecule has 1 aromatic carbocycles. The number of carbonyl (C=O) groups excluding carboxylic acids is 2. The van der Waals surface area contributed by atoms with Crippen LogP contribution in [0.1, 0.15) is 17.3 Å². The molecule has 7 heteroatoms. The van der Waals surface area contributed by atoms with Gasteiger partial charge in [0.05, 0.1) is 0 Å². The first-order valence-corrected chi connectivity index (χ1v) is 7.81. The number of Topliss-reactive ketones (excluding diaryl/α,β-unsaturated/α-hetero) is 1. The molecule has 2 heterocycles. The molecule has 1 N–H and O–H groups in total. The minimum Gasteiger partial charge on any atom is -0.353 e. The number of carbonyl (C=O) groups is 2. The van der Waals surface area contributed by atoms with Gasteiger partial charge >= 0.3 is 0 Å². The smallest absolute Gasteiger partial charge is 0.229 e. The standard InChI is InChI=1S/C17H19N5O2/c1-13(24)14-2-4-15(5-3-14)19-17-18-7-6-16(20-17)22-10-8-21(12-23)9-11-22/h2-7,12H,8-11H2,1H3,(H,18,19,20). The highest BCUT2D eigenvalue weighted by molar-refractivity contribution is 5.94. The second-order valence-corrected chi connectivity index (χ2v) is 5.63. The van der Waals surface area contributed by atoms with Gasteiger partial charge in [0.25, 0.3) is 0 Å². The van der Waals surface area contributed by atoms with E-state index in [-0.39, 0.29) is 5.78 Å². The van der Waals surface area contributed by atoms with Crippen LogP contribution in [0.2, 0.25) is 0 Å². The number of piperazine rings is 1. The van der Waals surface area contributed by atoms with Gasteiger partial charge < -0.3 is 15.1 Å². The number of ketones is 1. The van der Waals surface area contributed by atoms with Crippen molar-refractivity contribution in [2.75, 3.05) is 36.4 Å². The van der Waals surface area contributed by atoms with E-state index >= 15 is 0 Å². The van der Waals surface area contributed by atoms with Crippen molar-refractivity contribution in [3.63, 3.8) is 0 Å². The van der Waals surface area contributed by atoms with E-state index in [1.807, 2.05) is 18.2 Å². The summed E-state index contributed by atoms with van der Waals surface area (Å²) < 4.78 is 0. The van der Waals surface area contributed by atoms with Crippen LogP contribution in [-0.2, 0) is 4.79 Å². The van der Waals surface area contributed by atoms with E-state index in [1.165, 1.54) is 0 Å². The van der Waals surface area contributed by atoms with Crippen molar-refractivity contribution in [1.82, 2.24) is 14.9 Å². The van der Waals surface area contributed by atoms with Gasteiger partial charge in [-0.1, -0.05) is 0 Å². The fraction of sp³-hybridized carbons (Fsp3) is 0.294. The molecule has 1 saturated heterocycles. The second-order valence-electron chi connectivity index (χ2n) is 5.63. The monoisotopic (exact) mass is 325 g/mol. The Morgan fingerprint density at radius 2 is 1.83 bits per heavy atom. The highest BCUT2D eigenvalue weighted by Crippen LogP contribution is 2.18. The SMILES string of the molecule is CC(=O)c1ccc(Nc2nccc(N3CCN(C=O)CC3)n2)cc1. The Labute approximate surface area is 140 Å². The molecule has 3 rings (SSSR count). The van der Waals surface area contributed by atoms with Crippen molar-refractivity contribution >= 4 is 29.6 Å². The summed E-state index contributed by atoms with van der Waals surface area (Å²) in [5.41, 5.74) is 1.49. The zero-order chi connectivity index (χ0) is 16.9. The van der Waals surface area contributed by atoms with E-state index in [1.54, 1.807) is 30.2 Å². The number of benzene rings is 1. The second kappa shape index (κ2) is 7.08. The fourth-order valence-electron chi connectivity index (χ4n) is 2.56. The van der Waals surface area contributed by atoms with E-state index in [9.17, 15) is 9.59 Å². The lowest BCUT2D eigenvalue weighted by atomic mass is 10.1. The molecule has 0 spiro atoms. The minimum atomic E-state index is 0.0364. The molecule has 1 fully saturated rings. The minimum absolute atomic E-state index is 0.0364. The predicted molar refractivity (Wildman–Crippen MR) is 91.6 cm³/mol. The number of aromatic nitrogens is 2. The van der Waals surface area contributed by atoms with E-state index in [0.717, 1.165) is 31.0 Å². The first-order valence-electron chi connectivity index (χ1n) is 7.81. The molecule has 0 radical (unpaired) electrons. The molecule has 124 valence electrons. The molecule has 7 nitrogen and oxygen atoms in total. The summed E-state index contributed by atoms with van der Waals surface area (Å²) in [6.07, 6.45) is 2.59. The molecule has 0 aliphatic carbocycles. The molecule has 2 aromatic rings. The lowest BCUT2D eigenvalue weighted by Crippen LogP contribution is -2.46. The Kier molecular flexibility index (Phi) is 4.69. The maximum atomic E-state index is 11.3. The lowest BCUT2D eigenvalue weighted by Gasteiger charge is -2.33. The van der Waals surface area contributed by atoms with Gasteiger partial charge in [-0.15, -0.1) is 0 Å². The first kappa shape index (κ1) is 15.9. The van der Waals surface area contributed by atoms with Gasteiger partial charge in [0, 0.05) is 43.6 Å². The van der Waals surface area contributed by atoms with Crippen LogP contribution < -0.4 is 10.2 Å². The van der Waals surface area contributed by atoms with Crippen LogP contribution in [0, 0.1) is 0 Å². The maximum absolute atomic E-state index is 11.3. The third-order valence-electron chi connectivity index (χ3n) is 3.98. The molecule has 0 unspecified atom stereocenters. The summed E-state index contributed by atoms with van der Waals surface area (Å²) in [5.74, 6) is 1.37. The number of rotatable bonds is 5. The number of nitrogens with one attached hydrogen (secondary N) is 1. The molecule has 24 heavy (non-hydrogen) atoms. The third kappa shape index (κ3) is 3.68. The van der Waals surface area contributed by atoms with Crippen LogP contribution in [0.5, 0.6) is 0 Å². The van der Waals surface area contributed by atoms with E-state index in [0.29, 0.717) is 24.6 Å². The molecular formula is C17H19N5O2. The fourth-order valence-corrected chi connectivity index (χ4v) is 2.56. The normalized spacial score (nSPS) is 14.4. The quantitative estimate of drug-likeness (QED) is 0.666. The summed E-state index contributed by atoms with van der Waals surface area (Å²) in [7, 11) is 0. The van der Waals surface area contributed by atoms with E-state index < -0.39 is 0 Å². The molecular weight excluding hydrogens is 306 g/mol. The van der Waals surface area contributed by atoms with Gasteiger partial charge in [-0.05, 0) is 37.3 Å². The van der Waals surface area contributed by atoms with Crippen molar-refractivity contribution in [2.45, 2.75) is 6.92 Å². The van der Waals surface area contributed by atoms with Gasteiger partial charge in [-0.3, -0.25) is 9.59 Å². The van der Waals surface area contributed by atoms with Gasteiger partial charge in [0.15, 0.2) is 5.78 Å². The molecule has 0 saturated carbocycles. The molecule has 1 amide bonds. The highest BCUT2D eigenvalue weighted by atomic mass is 16.1. The van der Waals surface area contributed by atoms with Crippen LogP contribution >= 0.6 is 0 Å². The summed E-state index contributed by atoms with van der Waals surface area (Å²) in [5, 5.41) is 3.14. The van der Waals surface area contributed by atoms with Crippen LogP contribution in [-0.4, -0.2) is 53.2 Å². The van der Waals surface area contributed by atoms with Crippen molar-refractivity contribution in [3.8, 4) is 0 Å². The van der Waals surface area contributed by atoms with Gasteiger partial charge in [0.2, 0.25) is 12.4 Å². The lowest BCUT2D eigenvalue weighted by molar-refractivity contribution is -0.118. The zero-order valence-electron chi connectivity index (χ0n) is 13.5. The maximum Gasteiger partial charge on any atom is 0.229 e. The molecule has 1 aliphatic heterocycles. The van der Waals surface area contributed by atoms with Crippen molar-refractivity contribution in [1.29, 1.82) is 0 Å². The largest absolute Gasteiger partial charge is 0.353 e. The van der Waals surface area contributed by atoms with Crippen LogP contribution in [0.3, 0.4) is 0 Å². The molecule has 1 aliphatic rings. The summed E-state index contributed by atoms with van der Waals surface area (Å²) in [6, 6.07) is 9.06. The molecule has 0 atom stereocenters. The Balaban J connectivity index is 1.69. The molecule has 0 bridgehead atoms. The number of nitrogens with zero attached hydrogens (tertiary/aromatic N) is 4. The van der Waals surface area contributed by atoms with Crippen LogP contribution in [0.4, 0.5) is 17.5 Å². The summed E-state index contributed by atoms with van der Waals surface area (Å²) in [4.78, 5) is 34.7. The van der Waals surface area contributed by atoms with Gasteiger partial charge in [-0.25, -0.2) is 4.98 Å².